The highest BCUT2D eigenvalue weighted by molar-refractivity contribution is 5.46. The van der Waals surface area contributed by atoms with Crippen molar-refractivity contribution in [3.05, 3.63) is 17.6 Å². The van der Waals surface area contributed by atoms with Crippen molar-refractivity contribution in [2.75, 3.05) is 25.0 Å². The number of nitrogens with one attached hydrogen (secondary N) is 2. The Morgan fingerprint density at radius 1 is 1.25 bits per heavy atom. The first-order chi connectivity index (χ1) is 7.93. The van der Waals surface area contributed by atoms with Gasteiger partial charge in [-0.15, -0.1) is 0 Å². The summed E-state index contributed by atoms with van der Waals surface area (Å²) in [6, 6.07) is 0. The molecule has 2 aliphatic rings. The molecule has 86 valence electrons. The molecule has 4 heteroatoms. The number of hydrogen-bond acceptors (Lipinski definition) is 4. The van der Waals surface area contributed by atoms with Gasteiger partial charge in [0.1, 0.15) is 12.1 Å². The van der Waals surface area contributed by atoms with Gasteiger partial charge in [-0.3, -0.25) is 0 Å². The van der Waals surface area contributed by atoms with Gasteiger partial charge in [-0.1, -0.05) is 0 Å². The summed E-state index contributed by atoms with van der Waals surface area (Å²) in [5, 5.41) is 6.89. The zero-order valence-electron chi connectivity index (χ0n) is 9.50. The summed E-state index contributed by atoms with van der Waals surface area (Å²) < 4.78 is 0. The van der Waals surface area contributed by atoms with Crippen molar-refractivity contribution < 1.29 is 0 Å². The fourth-order valence-corrected chi connectivity index (χ4v) is 2.19. The van der Waals surface area contributed by atoms with Crippen molar-refractivity contribution in [3.63, 3.8) is 0 Å². The zero-order chi connectivity index (χ0) is 10.8. The molecule has 1 saturated carbocycles. The zero-order valence-corrected chi connectivity index (χ0v) is 9.50. The van der Waals surface area contributed by atoms with E-state index in [1.165, 1.54) is 24.1 Å². The van der Waals surface area contributed by atoms with Gasteiger partial charge in [0.05, 0.1) is 5.69 Å². The molecule has 0 amide bonds. The van der Waals surface area contributed by atoms with Gasteiger partial charge in [0, 0.05) is 25.1 Å². The van der Waals surface area contributed by atoms with Crippen LogP contribution in [0.4, 0.5) is 5.82 Å². The van der Waals surface area contributed by atoms with Crippen molar-refractivity contribution >= 4 is 5.82 Å². The third-order valence-corrected chi connectivity index (χ3v) is 3.38. The third kappa shape index (κ3) is 2.16. The Kier molecular flexibility index (Phi) is 2.74. The third-order valence-electron chi connectivity index (χ3n) is 3.38. The molecule has 16 heavy (non-hydrogen) atoms. The van der Waals surface area contributed by atoms with Gasteiger partial charge in [0.15, 0.2) is 0 Å². The molecule has 2 N–H and O–H groups in total. The van der Waals surface area contributed by atoms with Crippen LogP contribution in [0.3, 0.4) is 0 Å². The van der Waals surface area contributed by atoms with E-state index in [9.17, 15) is 0 Å². The fraction of sp³-hybridized carbons (Fsp3) is 0.667. The molecule has 4 nitrogen and oxygen atoms in total. The van der Waals surface area contributed by atoms with Crippen molar-refractivity contribution in [2.24, 2.45) is 5.92 Å². The Bertz CT molecular complexity index is 373. The first-order valence-electron chi connectivity index (χ1n) is 6.21. The summed E-state index contributed by atoms with van der Waals surface area (Å²) in [7, 11) is 0. The normalized spacial score (nSPS) is 20.0. The molecule has 0 unspecified atom stereocenters. The maximum absolute atomic E-state index is 4.39. The molecule has 3 rings (SSSR count). The molecule has 1 aromatic heterocycles. The summed E-state index contributed by atoms with van der Waals surface area (Å²) in [6.07, 6.45) is 6.52. The van der Waals surface area contributed by atoms with Crippen LogP contribution in [0.15, 0.2) is 6.33 Å². The summed E-state index contributed by atoms with van der Waals surface area (Å²) >= 11 is 0. The Balaban J connectivity index is 1.79. The molecular formula is C12H18N4. The van der Waals surface area contributed by atoms with E-state index in [2.05, 4.69) is 20.6 Å². The summed E-state index contributed by atoms with van der Waals surface area (Å²) in [4.78, 5) is 8.77. The summed E-state index contributed by atoms with van der Waals surface area (Å²) in [5.41, 5.74) is 2.55. The van der Waals surface area contributed by atoms with E-state index < -0.39 is 0 Å². The minimum absolute atomic E-state index is 0.884. The summed E-state index contributed by atoms with van der Waals surface area (Å²) in [5.74, 6) is 1.95. The molecule has 1 fully saturated rings. The molecule has 0 bridgehead atoms. The second-order valence-electron chi connectivity index (χ2n) is 4.72. The molecular weight excluding hydrogens is 200 g/mol. The lowest BCUT2D eigenvalue weighted by atomic mass is 10.1. The second-order valence-corrected chi connectivity index (χ2v) is 4.72. The van der Waals surface area contributed by atoms with E-state index in [1.54, 1.807) is 6.33 Å². The van der Waals surface area contributed by atoms with Gasteiger partial charge in [0.25, 0.3) is 0 Å². The average molecular weight is 218 g/mol. The molecule has 1 aliphatic heterocycles. The van der Waals surface area contributed by atoms with Crippen LogP contribution < -0.4 is 10.6 Å². The number of hydrogen-bond donors (Lipinski definition) is 2. The molecule has 0 radical (unpaired) electrons. The van der Waals surface area contributed by atoms with Crippen LogP contribution in [0.2, 0.25) is 0 Å². The predicted molar refractivity (Wildman–Crippen MR) is 63.5 cm³/mol. The Morgan fingerprint density at radius 3 is 3.00 bits per heavy atom. The summed E-state index contributed by atoms with van der Waals surface area (Å²) in [6.45, 7) is 3.15. The van der Waals surface area contributed by atoms with E-state index in [4.69, 9.17) is 0 Å². The van der Waals surface area contributed by atoms with Crippen molar-refractivity contribution in [2.45, 2.75) is 25.7 Å². The second kappa shape index (κ2) is 4.37. The predicted octanol–water partition coefficient (Wildman–Crippen LogP) is 0.987. The fourth-order valence-electron chi connectivity index (χ4n) is 2.19. The van der Waals surface area contributed by atoms with Crippen LogP contribution in [0.25, 0.3) is 0 Å². The van der Waals surface area contributed by atoms with Crippen LogP contribution in [-0.2, 0) is 12.8 Å². The number of aromatic nitrogens is 2. The molecule has 2 heterocycles. The number of anilines is 1. The highest BCUT2D eigenvalue weighted by Gasteiger charge is 2.22. The maximum Gasteiger partial charge on any atom is 0.132 e. The minimum atomic E-state index is 0.884. The van der Waals surface area contributed by atoms with E-state index in [-0.39, 0.29) is 0 Å². The van der Waals surface area contributed by atoms with Crippen molar-refractivity contribution in [1.82, 2.24) is 15.3 Å². The number of rotatable bonds is 3. The van der Waals surface area contributed by atoms with Gasteiger partial charge in [-0.25, -0.2) is 9.97 Å². The van der Waals surface area contributed by atoms with Crippen LogP contribution in [0.5, 0.6) is 0 Å². The van der Waals surface area contributed by atoms with Crippen molar-refractivity contribution in [1.29, 1.82) is 0 Å². The largest absolute Gasteiger partial charge is 0.369 e. The highest BCUT2D eigenvalue weighted by Crippen LogP contribution is 2.29. The monoisotopic (exact) mass is 218 g/mol. The Morgan fingerprint density at radius 2 is 2.12 bits per heavy atom. The van der Waals surface area contributed by atoms with Crippen molar-refractivity contribution in [3.8, 4) is 0 Å². The molecule has 0 atom stereocenters. The highest BCUT2D eigenvalue weighted by atomic mass is 15.0. The first-order valence-corrected chi connectivity index (χ1v) is 6.21. The Hall–Kier alpha value is -1.16. The molecule has 1 aliphatic carbocycles. The maximum atomic E-state index is 4.39. The number of fused-ring (bicyclic) bond motifs is 1. The molecule has 0 aromatic carbocycles. The van der Waals surface area contributed by atoms with Gasteiger partial charge >= 0.3 is 0 Å². The topological polar surface area (TPSA) is 49.8 Å². The van der Waals surface area contributed by atoms with Gasteiger partial charge in [-0.05, 0) is 31.7 Å². The van der Waals surface area contributed by atoms with Gasteiger partial charge in [0.2, 0.25) is 0 Å². The number of nitrogens with zero attached hydrogens (tertiary/aromatic N) is 2. The van der Waals surface area contributed by atoms with Gasteiger partial charge < -0.3 is 10.6 Å². The standard InChI is InChI=1S/C12H18N4/c1-2-9(1)7-14-12-10-3-5-13-6-4-11(10)15-8-16-12/h8-9,13H,1-7H2,(H,14,15,16). The molecule has 1 aromatic rings. The van der Waals surface area contributed by atoms with Crippen LogP contribution in [-0.4, -0.2) is 29.6 Å². The lowest BCUT2D eigenvalue weighted by Crippen LogP contribution is -2.16. The van der Waals surface area contributed by atoms with Crippen LogP contribution in [0.1, 0.15) is 24.1 Å². The lowest BCUT2D eigenvalue weighted by Gasteiger charge is -2.11. The SMILES string of the molecule is c1nc2c(c(NCC3CC3)n1)CCNCC2. The Labute approximate surface area is 95.9 Å². The van der Waals surface area contributed by atoms with E-state index in [0.29, 0.717) is 0 Å². The quantitative estimate of drug-likeness (QED) is 0.794. The van der Waals surface area contributed by atoms with E-state index in [1.807, 2.05) is 0 Å². The van der Waals surface area contributed by atoms with Crippen LogP contribution >= 0.6 is 0 Å². The van der Waals surface area contributed by atoms with E-state index in [0.717, 1.165) is 44.2 Å². The lowest BCUT2D eigenvalue weighted by molar-refractivity contribution is 0.708. The average Bonchev–Trinajstić information content (AvgIpc) is 3.13. The van der Waals surface area contributed by atoms with E-state index >= 15 is 0 Å². The smallest absolute Gasteiger partial charge is 0.132 e. The first kappa shape index (κ1) is 10.0. The van der Waals surface area contributed by atoms with Gasteiger partial charge in [-0.2, -0.15) is 0 Å². The van der Waals surface area contributed by atoms with Crippen LogP contribution in [0, 0.1) is 5.92 Å². The molecule has 0 saturated heterocycles. The molecule has 0 spiro atoms. The minimum Gasteiger partial charge on any atom is -0.369 e.